The van der Waals surface area contributed by atoms with Gasteiger partial charge in [-0.05, 0) is 57.7 Å². The molecule has 8 nitrogen and oxygen atoms in total. The van der Waals surface area contributed by atoms with Crippen LogP contribution in [0, 0.1) is 6.92 Å². The second-order valence-electron chi connectivity index (χ2n) is 9.09. The monoisotopic (exact) mass is 448 g/mol. The van der Waals surface area contributed by atoms with Gasteiger partial charge in [0.1, 0.15) is 11.6 Å². The third kappa shape index (κ3) is 4.27. The molecule has 5 rings (SSSR count). The molecule has 2 fully saturated rings. The Morgan fingerprint density at radius 2 is 2.09 bits per heavy atom. The first-order valence-electron chi connectivity index (χ1n) is 11.9. The van der Waals surface area contributed by atoms with Crippen LogP contribution in [-0.2, 0) is 0 Å². The first kappa shape index (κ1) is 21.7. The van der Waals surface area contributed by atoms with E-state index in [1.165, 1.54) is 0 Å². The summed E-state index contributed by atoms with van der Waals surface area (Å²) in [5.41, 5.74) is 9.54. The van der Waals surface area contributed by atoms with Crippen LogP contribution in [0.25, 0.3) is 5.65 Å². The molecule has 2 saturated heterocycles. The Bertz CT molecular complexity index is 1160. The highest BCUT2D eigenvalue weighted by molar-refractivity contribution is 5.95. The van der Waals surface area contributed by atoms with Crippen molar-refractivity contribution in [1.82, 2.24) is 19.5 Å². The van der Waals surface area contributed by atoms with Crippen molar-refractivity contribution < 1.29 is 9.53 Å². The van der Waals surface area contributed by atoms with Gasteiger partial charge in [-0.1, -0.05) is 6.07 Å². The summed E-state index contributed by atoms with van der Waals surface area (Å²) in [5.74, 6) is 1.72. The standard InChI is InChI=1S/C25H32N6O2/c1-3-33-20-8-6-7-18(13-20)25(32)30-11-5-4-9-22(30)21-14-23-27-24(17(2)15-31(23)28-21)29-12-10-19(26)16-29/h6-8,13-15,19,22H,3-5,9-12,16,26H2,1-2H3/t19-,22-/m0/s1. The van der Waals surface area contributed by atoms with Crippen LogP contribution in [0.5, 0.6) is 5.75 Å². The van der Waals surface area contributed by atoms with Crippen molar-refractivity contribution in [2.45, 2.75) is 51.6 Å². The molecule has 2 aliphatic heterocycles. The number of ether oxygens (including phenoxy) is 1. The van der Waals surface area contributed by atoms with Crippen LogP contribution < -0.4 is 15.4 Å². The van der Waals surface area contributed by atoms with E-state index in [2.05, 4.69) is 11.8 Å². The second kappa shape index (κ2) is 9.02. The van der Waals surface area contributed by atoms with Crippen molar-refractivity contribution in [3.8, 4) is 5.75 Å². The van der Waals surface area contributed by atoms with Crippen LogP contribution in [0.15, 0.2) is 36.5 Å². The summed E-state index contributed by atoms with van der Waals surface area (Å²) in [6.45, 7) is 7.06. The Hall–Kier alpha value is -3.13. The van der Waals surface area contributed by atoms with E-state index in [9.17, 15) is 4.79 Å². The number of aryl methyl sites for hydroxylation is 1. The van der Waals surface area contributed by atoms with Gasteiger partial charge in [-0.25, -0.2) is 9.50 Å². The third-order valence-electron chi connectivity index (χ3n) is 6.65. The lowest BCUT2D eigenvalue weighted by atomic mass is 9.98. The average molecular weight is 449 g/mol. The molecule has 174 valence electrons. The fourth-order valence-electron chi connectivity index (χ4n) is 5.02. The predicted octanol–water partition coefficient (Wildman–Crippen LogP) is 3.34. The maximum Gasteiger partial charge on any atom is 0.254 e. The minimum Gasteiger partial charge on any atom is -0.494 e. The highest BCUT2D eigenvalue weighted by atomic mass is 16.5. The van der Waals surface area contributed by atoms with E-state index in [1.807, 2.05) is 52.9 Å². The van der Waals surface area contributed by atoms with E-state index in [1.54, 1.807) is 0 Å². The van der Waals surface area contributed by atoms with Crippen molar-refractivity contribution in [3.05, 3.63) is 53.3 Å². The van der Waals surface area contributed by atoms with E-state index in [0.717, 1.165) is 73.8 Å². The largest absolute Gasteiger partial charge is 0.494 e. The van der Waals surface area contributed by atoms with Gasteiger partial charge >= 0.3 is 0 Å². The fraction of sp³-hybridized carbons (Fsp3) is 0.480. The Morgan fingerprint density at radius 1 is 1.21 bits per heavy atom. The number of nitrogens with two attached hydrogens (primary N) is 1. The maximum atomic E-state index is 13.5. The second-order valence-corrected chi connectivity index (χ2v) is 9.09. The van der Waals surface area contributed by atoms with Gasteiger partial charge in [0, 0.05) is 49.1 Å². The summed E-state index contributed by atoms with van der Waals surface area (Å²) in [5, 5.41) is 4.85. The Balaban J connectivity index is 1.44. The molecule has 0 radical (unpaired) electrons. The van der Waals surface area contributed by atoms with Crippen molar-refractivity contribution in [2.24, 2.45) is 5.73 Å². The summed E-state index contributed by atoms with van der Waals surface area (Å²) in [6, 6.07) is 9.62. The zero-order chi connectivity index (χ0) is 22.9. The number of hydrogen-bond donors (Lipinski definition) is 1. The molecule has 1 aromatic carbocycles. The molecular formula is C25H32N6O2. The quantitative estimate of drug-likeness (QED) is 0.644. The summed E-state index contributed by atoms with van der Waals surface area (Å²) >= 11 is 0. The Kier molecular flexibility index (Phi) is 5.93. The maximum absolute atomic E-state index is 13.5. The summed E-state index contributed by atoms with van der Waals surface area (Å²) in [4.78, 5) is 22.6. The molecule has 0 unspecified atom stereocenters. The third-order valence-corrected chi connectivity index (χ3v) is 6.65. The van der Waals surface area contributed by atoms with Crippen LogP contribution in [0.2, 0.25) is 0 Å². The Labute approximate surface area is 194 Å². The van der Waals surface area contributed by atoms with Crippen LogP contribution in [0.1, 0.15) is 60.3 Å². The SMILES string of the molecule is CCOc1cccc(C(=O)N2CCCC[C@H]2c2cc3nc(N4CC[C@H](N)C4)c(C)cn3n2)c1. The molecule has 3 aromatic rings. The molecule has 2 aliphatic rings. The van der Waals surface area contributed by atoms with E-state index in [0.29, 0.717) is 12.2 Å². The smallest absolute Gasteiger partial charge is 0.254 e. The van der Waals surface area contributed by atoms with Gasteiger partial charge < -0.3 is 20.3 Å². The lowest BCUT2D eigenvalue weighted by molar-refractivity contribution is 0.0605. The molecule has 2 atom stereocenters. The molecule has 0 bridgehead atoms. The number of benzene rings is 1. The van der Waals surface area contributed by atoms with Crippen LogP contribution in [-0.4, -0.2) is 57.7 Å². The van der Waals surface area contributed by atoms with Gasteiger partial charge in [0.05, 0.1) is 18.3 Å². The Morgan fingerprint density at radius 3 is 2.88 bits per heavy atom. The number of nitrogens with zero attached hydrogens (tertiary/aromatic N) is 5. The molecule has 0 spiro atoms. The van der Waals surface area contributed by atoms with E-state index in [4.69, 9.17) is 20.6 Å². The average Bonchev–Trinajstić information content (AvgIpc) is 3.44. The number of likely N-dealkylation sites (tertiary alicyclic amines) is 1. The molecule has 2 aromatic heterocycles. The predicted molar refractivity (Wildman–Crippen MR) is 128 cm³/mol. The molecule has 0 saturated carbocycles. The van der Waals surface area contributed by atoms with Gasteiger partial charge in [-0.3, -0.25) is 4.79 Å². The van der Waals surface area contributed by atoms with Crippen molar-refractivity contribution in [3.63, 3.8) is 0 Å². The number of hydrogen-bond acceptors (Lipinski definition) is 6. The number of amides is 1. The number of aromatic nitrogens is 3. The topological polar surface area (TPSA) is 89.0 Å². The van der Waals surface area contributed by atoms with E-state index in [-0.39, 0.29) is 18.0 Å². The minimum atomic E-state index is -0.0623. The van der Waals surface area contributed by atoms with Crippen molar-refractivity contribution in [1.29, 1.82) is 0 Å². The molecular weight excluding hydrogens is 416 g/mol. The number of piperidine rings is 1. The number of fused-ring (bicyclic) bond motifs is 1. The van der Waals surface area contributed by atoms with E-state index < -0.39 is 0 Å². The molecule has 33 heavy (non-hydrogen) atoms. The number of anilines is 1. The highest BCUT2D eigenvalue weighted by Crippen LogP contribution is 2.33. The van der Waals surface area contributed by atoms with Gasteiger partial charge in [0.15, 0.2) is 5.65 Å². The molecule has 4 heterocycles. The fourth-order valence-corrected chi connectivity index (χ4v) is 5.02. The van der Waals surface area contributed by atoms with Crippen LogP contribution in [0.4, 0.5) is 5.82 Å². The number of carbonyl (C=O) groups is 1. The first-order chi connectivity index (χ1) is 16.0. The van der Waals surface area contributed by atoms with Crippen LogP contribution in [0.3, 0.4) is 0 Å². The number of carbonyl (C=O) groups excluding carboxylic acids is 1. The molecule has 2 N–H and O–H groups in total. The van der Waals surface area contributed by atoms with Crippen molar-refractivity contribution in [2.75, 3.05) is 31.1 Å². The zero-order valence-corrected chi connectivity index (χ0v) is 19.4. The zero-order valence-electron chi connectivity index (χ0n) is 19.4. The van der Waals surface area contributed by atoms with E-state index >= 15 is 0 Å². The van der Waals surface area contributed by atoms with Gasteiger partial charge in [-0.15, -0.1) is 0 Å². The summed E-state index contributed by atoms with van der Waals surface area (Å²) < 4.78 is 7.44. The van der Waals surface area contributed by atoms with Gasteiger partial charge in [0.25, 0.3) is 5.91 Å². The van der Waals surface area contributed by atoms with Gasteiger partial charge in [0.2, 0.25) is 0 Å². The normalized spacial score (nSPS) is 21.1. The summed E-state index contributed by atoms with van der Waals surface area (Å²) in [6.07, 6.45) is 5.99. The molecule has 0 aliphatic carbocycles. The van der Waals surface area contributed by atoms with Crippen molar-refractivity contribution >= 4 is 17.4 Å². The highest BCUT2D eigenvalue weighted by Gasteiger charge is 2.31. The molecule has 8 heteroatoms. The molecule has 1 amide bonds. The van der Waals surface area contributed by atoms with Gasteiger partial charge in [-0.2, -0.15) is 5.10 Å². The first-order valence-corrected chi connectivity index (χ1v) is 11.9. The number of rotatable bonds is 5. The minimum absolute atomic E-state index is 0.0224. The van der Waals surface area contributed by atoms with Crippen LogP contribution >= 0.6 is 0 Å². The summed E-state index contributed by atoms with van der Waals surface area (Å²) in [7, 11) is 0. The lowest BCUT2D eigenvalue weighted by Crippen LogP contribution is -2.38. The lowest BCUT2D eigenvalue weighted by Gasteiger charge is -2.34.